The average Bonchev–Trinajstić information content (AvgIpc) is 2.94. The summed E-state index contributed by atoms with van der Waals surface area (Å²) in [4.78, 5) is 11.9. The molecule has 0 saturated carbocycles. The van der Waals surface area contributed by atoms with Gasteiger partial charge in [-0.1, -0.05) is 11.6 Å². The number of aliphatic hydroxyl groups excluding tert-OH is 3. The second-order valence-electron chi connectivity index (χ2n) is 4.22. The van der Waals surface area contributed by atoms with Gasteiger partial charge >= 0.3 is 0 Å². The molecule has 2 aromatic rings. The number of halogens is 1. The molecular weight excluding hydrogens is 276 g/mol. The third kappa shape index (κ3) is 1.88. The van der Waals surface area contributed by atoms with Gasteiger partial charge in [-0.2, -0.15) is 0 Å². The van der Waals surface area contributed by atoms with Crippen molar-refractivity contribution in [3.8, 4) is 0 Å². The maximum absolute atomic E-state index is 9.95. The highest BCUT2D eigenvalue weighted by Crippen LogP contribution is 2.31. The van der Waals surface area contributed by atoms with E-state index >= 15 is 0 Å². The summed E-state index contributed by atoms with van der Waals surface area (Å²) < 4.78 is 6.85. The van der Waals surface area contributed by atoms with Gasteiger partial charge in [0.25, 0.3) is 0 Å². The molecule has 8 nitrogen and oxygen atoms in total. The molecule has 4 atom stereocenters. The van der Waals surface area contributed by atoms with Crippen LogP contribution in [0.1, 0.15) is 6.23 Å². The van der Waals surface area contributed by atoms with Crippen molar-refractivity contribution in [2.24, 2.45) is 0 Å². The molecule has 0 aliphatic carbocycles. The Labute approximate surface area is 112 Å². The number of aromatic nitrogens is 4. The fourth-order valence-corrected chi connectivity index (χ4v) is 2.30. The van der Waals surface area contributed by atoms with Crippen LogP contribution in [0.2, 0.25) is 5.15 Å². The van der Waals surface area contributed by atoms with Gasteiger partial charge in [-0.3, -0.25) is 4.57 Å². The molecule has 19 heavy (non-hydrogen) atoms. The topological polar surface area (TPSA) is 114 Å². The summed E-state index contributed by atoms with van der Waals surface area (Å²) in [5.74, 6) is 0. The van der Waals surface area contributed by atoms with Gasteiger partial charge in [-0.05, 0) is 0 Å². The Hall–Kier alpha value is -1.32. The maximum Gasteiger partial charge on any atom is 0.167 e. The largest absolute Gasteiger partial charge is 0.394 e. The van der Waals surface area contributed by atoms with E-state index < -0.39 is 31.1 Å². The lowest BCUT2D eigenvalue weighted by Crippen LogP contribution is -2.33. The smallest absolute Gasteiger partial charge is 0.167 e. The van der Waals surface area contributed by atoms with Crippen LogP contribution in [-0.4, -0.2) is 59.8 Å². The number of aliphatic hydroxyl groups is 3. The van der Waals surface area contributed by atoms with E-state index in [1.54, 1.807) is 0 Å². The third-order valence-corrected chi connectivity index (χ3v) is 3.38. The summed E-state index contributed by atoms with van der Waals surface area (Å²) >= 11 is 5.88. The zero-order chi connectivity index (χ0) is 13.6. The Bertz CT molecular complexity index is 606. The molecule has 9 heteroatoms. The first-order chi connectivity index (χ1) is 9.13. The SMILES string of the molecule is OC[C@H]1O[C@H](n2cnc3c(Cl)ncnc32)[C@@H](O)[C@H]1O. The van der Waals surface area contributed by atoms with Crippen molar-refractivity contribution in [2.45, 2.75) is 24.5 Å². The molecule has 0 radical (unpaired) electrons. The minimum atomic E-state index is -1.19. The highest BCUT2D eigenvalue weighted by Gasteiger charge is 2.43. The van der Waals surface area contributed by atoms with Crippen LogP contribution in [0.15, 0.2) is 12.7 Å². The first kappa shape index (κ1) is 12.7. The van der Waals surface area contributed by atoms with E-state index in [4.69, 9.17) is 21.4 Å². The van der Waals surface area contributed by atoms with Gasteiger partial charge in [0, 0.05) is 0 Å². The molecule has 3 N–H and O–H groups in total. The number of fused-ring (bicyclic) bond motifs is 1. The number of imidazole rings is 1. The van der Waals surface area contributed by atoms with Crippen LogP contribution in [0, 0.1) is 0 Å². The van der Waals surface area contributed by atoms with Crippen LogP contribution in [0.4, 0.5) is 0 Å². The predicted molar refractivity (Wildman–Crippen MR) is 63.3 cm³/mol. The van der Waals surface area contributed by atoms with Gasteiger partial charge < -0.3 is 20.1 Å². The number of hydrogen-bond acceptors (Lipinski definition) is 7. The summed E-state index contributed by atoms with van der Waals surface area (Å²) in [5.41, 5.74) is 0.761. The lowest BCUT2D eigenvalue weighted by atomic mass is 10.1. The predicted octanol–water partition coefficient (Wildman–Crippen LogP) is -0.909. The van der Waals surface area contributed by atoms with Crippen LogP contribution >= 0.6 is 11.6 Å². The van der Waals surface area contributed by atoms with Gasteiger partial charge in [0.05, 0.1) is 12.9 Å². The van der Waals surface area contributed by atoms with Gasteiger partial charge in [0.1, 0.15) is 30.2 Å². The van der Waals surface area contributed by atoms with E-state index in [0.29, 0.717) is 11.2 Å². The number of ether oxygens (including phenoxy) is 1. The number of nitrogens with zero attached hydrogens (tertiary/aromatic N) is 4. The van der Waals surface area contributed by atoms with Gasteiger partial charge in [0.2, 0.25) is 0 Å². The number of hydrogen-bond donors (Lipinski definition) is 3. The summed E-state index contributed by atoms with van der Waals surface area (Å²) in [5, 5.41) is 28.9. The minimum absolute atomic E-state index is 0.190. The summed E-state index contributed by atoms with van der Waals surface area (Å²) in [6.45, 7) is -0.392. The van der Waals surface area contributed by atoms with Crippen LogP contribution in [0.5, 0.6) is 0 Å². The molecular formula is C10H11ClN4O4. The van der Waals surface area contributed by atoms with E-state index in [9.17, 15) is 10.2 Å². The maximum atomic E-state index is 9.95. The summed E-state index contributed by atoms with van der Waals surface area (Å²) in [7, 11) is 0. The first-order valence-corrected chi connectivity index (χ1v) is 5.96. The van der Waals surface area contributed by atoms with Crippen LogP contribution < -0.4 is 0 Å². The van der Waals surface area contributed by atoms with Crippen molar-refractivity contribution in [3.63, 3.8) is 0 Å². The van der Waals surface area contributed by atoms with Crippen LogP contribution in [0.25, 0.3) is 11.2 Å². The van der Waals surface area contributed by atoms with Crippen molar-refractivity contribution >= 4 is 22.8 Å². The monoisotopic (exact) mass is 286 g/mol. The van der Waals surface area contributed by atoms with Crippen molar-refractivity contribution in [2.75, 3.05) is 6.61 Å². The minimum Gasteiger partial charge on any atom is -0.394 e. The van der Waals surface area contributed by atoms with Crippen molar-refractivity contribution in [1.82, 2.24) is 19.5 Å². The Balaban J connectivity index is 2.04. The van der Waals surface area contributed by atoms with E-state index in [1.165, 1.54) is 17.2 Å². The molecule has 102 valence electrons. The Morgan fingerprint density at radius 2 is 2.05 bits per heavy atom. The molecule has 0 spiro atoms. The molecule has 3 heterocycles. The van der Waals surface area contributed by atoms with Gasteiger partial charge in [-0.25, -0.2) is 15.0 Å². The highest BCUT2D eigenvalue weighted by molar-refractivity contribution is 6.33. The Morgan fingerprint density at radius 3 is 2.74 bits per heavy atom. The molecule has 0 aromatic carbocycles. The van der Waals surface area contributed by atoms with E-state index in [1.807, 2.05) is 0 Å². The quantitative estimate of drug-likeness (QED) is 0.613. The molecule has 0 amide bonds. The second-order valence-corrected chi connectivity index (χ2v) is 4.58. The molecule has 2 aromatic heterocycles. The second kappa shape index (κ2) is 4.66. The molecule has 1 saturated heterocycles. The van der Waals surface area contributed by atoms with Gasteiger partial charge in [0.15, 0.2) is 17.0 Å². The van der Waals surface area contributed by atoms with E-state index in [-0.39, 0.29) is 5.15 Å². The van der Waals surface area contributed by atoms with E-state index in [2.05, 4.69) is 15.0 Å². The van der Waals surface area contributed by atoms with Crippen LogP contribution in [0.3, 0.4) is 0 Å². The molecule has 1 aliphatic rings. The zero-order valence-corrected chi connectivity index (χ0v) is 10.3. The van der Waals surface area contributed by atoms with Crippen molar-refractivity contribution < 1.29 is 20.1 Å². The zero-order valence-electron chi connectivity index (χ0n) is 9.59. The lowest BCUT2D eigenvalue weighted by Gasteiger charge is -2.16. The molecule has 0 bridgehead atoms. The molecule has 1 aliphatic heterocycles. The number of rotatable bonds is 2. The van der Waals surface area contributed by atoms with Gasteiger partial charge in [-0.15, -0.1) is 0 Å². The lowest BCUT2D eigenvalue weighted by molar-refractivity contribution is -0.0511. The first-order valence-electron chi connectivity index (χ1n) is 5.59. The normalized spacial score (nSPS) is 31.2. The van der Waals surface area contributed by atoms with Crippen LogP contribution in [-0.2, 0) is 4.74 Å². The third-order valence-electron chi connectivity index (χ3n) is 3.11. The molecule has 0 unspecified atom stereocenters. The molecule has 3 rings (SSSR count). The standard InChI is InChI=1S/C10H11ClN4O4/c11-8-5-9(13-2-12-8)15(3-14-5)10-7(18)6(17)4(1-16)19-10/h2-4,6-7,10,16-18H,1H2/t4-,6+,7+,10+/m1/s1. The average molecular weight is 287 g/mol. The molecule has 1 fully saturated rings. The van der Waals surface area contributed by atoms with Crippen molar-refractivity contribution in [3.05, 3.63) is 17.8 Å². The van der Waals surface area contributed by atoms with E-state index in [0.717, 1.165) is 0 Å². The summed E-state index contributed by atoms with van der Waals surface area (Å²) in [6.07, 6.45) is -1.44. The summed E-state index contributed by atoms with van der Waals surface area (Å²) in [6, 6.07) is 0. The van der Waals surface area contributed by atoms with Crippen molar-refractivity contribution in [1.29, 1.82) is 0 Å². The highest BCUT2D eigenvalue weighted by atomic mass is 35.5. The fourth-order valence-electron chi connectivity index (χ4n) is 2.12. The Kier molecular flexibility index (Phi) is 3.11. The fraction of sp³-hybridized carbons (Fsp3) is 0.500. The Morgan fingerprint density at radius 1 is 1.26 bits per heavy atom.